The van der Waals surface area contributed by atoms with Gasteiger partial charge in [0.05, 0.1) is 10.6 Å². The van der Waals surface area contributed by atoms with Gasteiger partial charge in [0, 0.05) is 49.7 Å². The molecule has 1 saturated heterocycles. The highest BCUT2D eigenvalue weighted by atomic mass is 35.5. The number of benzene rings is 2. The number of para-hydroxylation sites is 1. The maximum Gasteiger partial charge on any atom is 0.331 e. The number of carbonyl (C=O) groups is 2. The Kier molecular flexibility index (Phi) is 7.56. The first kappa shape index (κ1) is 26.7. The van der Waals surface area contributed by atoms with Crippen molar-refractivity contribution in [1.82, 2.24) is 18.9 Å². The van der Waals surface area contributed by atoms with Gasteiger partial charge in [-0.15, -0.1) is 0 Å². The second-order valence-electron chi connectivity index (χ2n) is 9.75. The molecule has 0 radical (unpaired) electrons. The molecule has 39 heavy (non-hydrogen) atoms. The van der Waals surface area contributed by atoms with Gasteiger partial charge in [-0.3, -0.25) is 18.7 Å². The third-order valence-electron chi connectivity index (χ3n) is 7.50. The molecule has 2 aliphatic heterocycles. The molecule has 9 nitrogen and oxygen atoms in total. The molecule has 0 unspecified atom stereocenters. The minimum atomic E-state index is -0.685. The second-order valence-corrected chi connectivity index (χ2v) is 10.1. The van der Waals surface area contributed by atoms with Crippen LogP contribution in [0.15, 0.2) is 58.3 Å². The highest BCUT2D eigenvalue weighted by Crippen LogP contribution is 2.28. The minimum absolute atomic E-state index is 0.00481. The number of piperidine rings is 1. The van der Waals surface area contributed by atoms with Crippen LogP contribution in [0, 0.1) is 5.82 Å². The fourth-order valence-electron chi connectivity index (χ4n) is 5.35. The molecule has 3 amide bonds. The van der Waals surface area contributed by atoms with E-state index in [0.717, 1.165) is 22.2 Å². The molecule has 3 aromatic rings. The van der Waals surface area contributed by atoms with Crippen molar-refractivity contribution in [3.05, 3.63) is 85.9 Å². The molecule has 2 aromatic carbocycles. The number of nitrogens with zero attached hydrogens (tertiary/aromatic N) is 4. The molecule has 0 spiro atoms. The minimum Gasteiger partial charge on any atom is -0.341 e. The van der Waals surface area contributed by atoms with E-state index in [1.807, 2.05) is 29.2 Å². The zero-order valence-electron chi connectivity index (χ0n) is 21.5. The van der Waals surface area contributed by atoms with E-state index in [1.165, 1.54) is 29.0 Å². The zero-order valence-corrected chi connectivity index (χ0v) is 22.3. The molecule has 5 rings (SSSR count). The molecule has 204 valence electrons. The number of carbonyl (C=O) groups excluding carboxylic acids is 2. The standard InChI is InChI=1S/C28H29ClFN5O4/c1-2-34-26(37)21(20-7-5-8-22(30)25(20)29)16-33(28(34)39)17-24(36)32-13-11-19(12-14-32)35-15-10-18-6-3-4-9-23(18)31-27(35)38/h3-9,16,19H,2,10-15,17H2,1H3,(H,31,38). The summed E-state index contributed by atoms with van der Waals surface area (Å²) in [6.07, 6.45) is 3.26. The largest absolute Gasteiger partial charge is 0.341 e. The van der Waals surface area contributed by atoms with E-state index in [2.05, 4.69) is 5.32 Å². The summed E-state index contributed by atoms with van der Waals surface area (Å²) in [5, 5.41) is 2.77. The van der Waals surface area contributed by atoms with Crippen LogP contribution in [0.4, 0.5) is 14.9 Å². The maximum atomic E-state index is 14.1. The molecule has 3 heterocycles. The van der Waals surface area contributed by atoms with Crippen LogP contribution in [0.5, 0.6) is 0 Å². The summed E-state index contributed by atoms with van der Waals surface area (Å²) >= 11 is 6.12. The Bertz CT molecular complexity index is 1540. The first-order valence-electron chi connectivity index (χ1n) is 13.0. The number of halogens is 2. The zero-order chi connectivity index (χ0) is 27.7. The normalized spacial score (nSPS) is 16.0. The van der Waals surface area contributed by atoms with Crippen LogP contribution < -0.4 is 16.6 Å². The Balaban J connectivity index is 1.30. The van der Waals surface area contributed by atoms with Crippen LogP contribution in [-0.2, 0) is 24.3 Å². The Morgan fingerprint density at radius 3 is 2.51 bits per heavy atom. The fourth-order valence-corrected chi connectivity index (χ4v) is 5.58. The summed E-state index contributed by atoms with van der Waals surface area (Å²) in [6, 6.07) is 11.7. The lowest BCUT2D eigenvalue weighted by Crippen LogP contribution is -2.51. The first-order valence-corrected chi connectivity index (χ1v) is 13.4. The van der Waals surface area contributed by atoms with Crippen LogP contribution in [0.3, 0.4) is 0 Å². The second kappa shape index (κ2) is 11.1. The first-order chi connectivity index (χ1) is 18.8. The summed E-state index contributed by atoms with van der Waals surface area (Å²) in [7, 11) is 0. The summed E-state index contributed by atoms with van der Waals surface area (Å²) < 4.78 is 16.3. The third kappa shape index (κ3) is 5.21. The van der Waals surface area contributed by atoms with Gasteiger partial charge >= 0.3 is 11.7 Å². The van der Waals surface area contributed by atoms with Crippen molar-refractivity contribution >= 4 is 29.2 Å². The monoisotopic (exact) mass is 553 g/mol. The predicted octanol–water partition coefficient (Wildman–Crippen LogP) is 3.57. The highest BCUT2D eigenvalue weighted by Gasteiger charge is 2.31. The van der Waals surface area contributed by atoms with Gasteiger partial charge in [-0.2, -0.15) is 0 Å². The molecule has 0 saturated carbocycles. The van der Waals surface area contributed by atoms with Crippen molar-refractivity contribution in [3.8, 4) is 11.1 Å². The quantitative estimate of drug-likeness (QED) is 0.522. The Morgan fingerprint density at radius 2 is 1.77 bits per heavy atom. The van der Waals surface area contributed by atoms with Gasteiger partial charge in [0.2, 0.25) is 5.91 Å². The summed E-state index contributed by atoms with van der Waals surface area (Å²) in [5.74, 6) is -0.962. The molecular formula is C28H29ClFN5O4. The van der Waals surface area contributed by atoms with E-state index in [0.29, 0.717) is 32.5 Å². The number of nitrogens with one attached hydrogen (secondary N) is 1. The summed E-state index contributed by atoms with van der Waals surface area (Å²) in [4.78, 5) is 55.6. The number of likely N-dealkylation sites (tertiary alicyclic amines) is 1. The van der Waals surface area contributed by atoms with Crippen molar-refractivity contribution in [2.24, 2.45) is 0 Å². The third-order valence-corrected chi connectivity index (χ3v) is 7.88. The molecule has 11 heteroatoms. The summed E-state index contributed by atoms with van der Waals surface area (Å²) in [5.41, 5.74) is 0.902. The Hall–Kier alpha value is -3.92. The number of aromatic nitrogens is 2. The molecule has 1 aromatic heterocycles. The highest BCUT2D eigenvalue weighted by molar-refractivity contribution is 6.33. The SMILES string of the molecule is CCn1c(=O)c(-c2cccc(F)c2Cl)cn(CC(=O)N2CCC(N3CCc4ccccc4NC3=O)CC2)c1=O. The van der Waals surface area contributed by atoms with Crippen molar-refractivity contribution in [3.63, 3.8) is 0 Å². The Labute approximate surface area is 229 Å². The topological polar surface area (TPSA) is 96.7 Å². The van der Waals surface area contributed by atoms with Gasteiger partial charge < -0.3 is 15.1 Å². The fraction of sp³-hybridized carbons (Fsp3) is 0.357. The van der Waals surface area contributed by atoms with Crippen molar-refractivity contribution in [2.75, 3.05) is 25.0 Å². The van der Waals surface area contributed by atoms with Gasteiger partial charge in [0.1, 0.15) is 12.4 Å². The lowest BCUT2D eigenvalue weighted by atomic mass is 10.0. The van der Waals surface area contributed by atoms with Crippen molar-refractivity contribution < 1.29 is 14.0 Å². The van der Waals surface area contributed by atoms with Crippen LogP contribution in [-0.4, -0.2) is 56.5 Å². The number of hydrogen-bond donors (Lipinski definition) is 1. The number of amides is 3. The lowest BCUT2D eigenvalue weighted by Gasteiger charge is -2.38. The maximum absolute atomic E-state index is 14.1. The van der Waals surface area contributed by atoms with Crippen LogP contribution in [0.2, 0.25) is 5.02 Å². The number of urea groups is 1. The van der Waals surface area contributed by atoms with Crippen LogP contribution in [0.25, 0.3) is 11.1 Å². The molecule has 1 fully saturated rings. The number of hydrogen-bond acceptors (Lipinski definition) is 4. The van der Waals surface area contributed by atoms with E-state index in [4.69, 9.17) is 11.6 Å². The molecule has 1 N–H and O–H groups in total. The van der Waals surface area contributed by atoms with Gasteiger partial charge in [0.25, 0.3) is 5.56 Å². The van der Waals surface area contributed by atoms with E-state index >= 15 is 0 Å². The van der Waals surface area contributed by atoms with E-state index in [9.17, 15) is 23.6 Å². The summed E-state index contributed by atoms with van der Waals surface area (Å²) in [6.45, 7) is 2.92. The number of rotatable bonds is 5. The Morgan fingerprint density at radius 1 is 1.03 bits per heavy atom. The molecule has 2 aliphatic rings. The number of fused-ring (bicyclic) bond motifs is 1. The van der Waals surface area contributed by atoms with Crippen molar-refractivity contribution in [2.45, 2.75) is 45.3 Å². The van der Waals surface area contributed by atoms with Gasteiger partial charge in [-0.1, -0.05) is 41.9 Å². The average Bonchev–Trinajstić information content (AvgIpc) is 3.10. The van der Waals surface area contributed by atoms with Crippen molar-refractivity contribution in [1.29, 1.82) is 0 Å². The van der Waals surface area contributed by atoms with E-state index < -0.39 is 17.1 Å². The lowest BCUT2D eigenvalue weighted by molar-refractivity contribution is -0.133. The number of anilines is 1. The van der Waals surface area contributed by atoms with Crippen LogP contribution >= 0.6 is 11.6 Å². The van der Waals surface area contributed by atoms with E-state index in [1.54, 1.807) is 11.8 Å². The van der Waals surface area contributed by atoms with Gasteiger partial charge in [0.15, 0.2) is 0 Å². The average molecular weight is 554 g/mol. The molecule has 0 bridgehead atoms. The van der Waals surface area contributed by atoms with E-state index in [-0.39, 0.29) is 47.2 Å². The molecule has 0 atom stereocenters. The predicted molar refractivity (Wildman–Crippen MR) is 147 cm³/mol. The smallest absolute Gasteiger partial charge is 0.331 e. The van der Waals surface area contributed by atoms with Gasteiger partial charge in [-0.05, 0) is 43.9 Å². The van der Waals surface area contributed by atoms with Crippen LogP contribution in [0.1, 0.15) is 25.3 Å². The molecule has 0 aliphatic carbocycles. The van der Waals surface area contributed by atoms with Gasteiger partial charge in [-0.25, -0.2) is 14.0 Å². The molecular weight excluding hydrogens is 525 g/mol.